The Morgan fingerprint density at radius 3 is 2.32 bits per heavy atom. The number of unbranched alkanes of at least 4 members (excludes halogenated alkanes) is 8. The van der Waals surface area contributed by atoms with Gasteiger partial charge in [0.25, 0.3) is 11.8 Å². The van der Waals surface area contributed by atoms with Crippen molar-refractivity contribution < 1.29 is 19.1 Å². The molecule has 0 atom stereocenters. The number of amides is 2. The molecule has 1 aromatic carbocycles. The average molecular weight is 426 g/mol. The zero-order valence-corrected chi connectivity index (χ0v) is 18.7. The van der Waals surface area contributed by atoms with Crippen molar-refractivity contribution >= 4 is 17.8 Å². The molecule has 168 valence electrons. The number of carbonyl (C=O) groups is 3. The van der Waals surface area contributed by atoms with Gasteiger partial charge in [0, 0.05) is 11.6 Å². The highest BCUT2D eigenvalue weighted by Crippen LogP contribution is 2.17. The first-order valence-corrected chi connectivity index (χ1v) is 11.4. The maximum atomic E-state index is 12.0. The van der Waals surface area contributed by atoms with Crippen molar-refractivity contribution in [3.05, 3.63) is 59.2 Å². The SMILES string of the molecule is C=CCCCCCCCCCCc1ccc(COC(=O)CC2=CC(=O)NC2=O)c(C)c1. The van der Waals surface area contributed by atoms with E-state index in [0.717, 1.165) is 30.0 Å². The lowest BCUT2D eigenvalue weighted by atomic mass is 10.0. The molecule has 31 heavy (non-hydrogen) atoms. The number of rotatable bonds is 15. The molecule has 5 heteroatoms. The third-order valence-corrected chi connectivity index (χ3v) is 5.59. The van der Waals surface area contributed by atoms with E-state index >= 15 is 0 Å². The highest BCUT2D eigenvalue weighted by molar-refractivity contribution is 6.17. The normalized spacial score (nSPS) is 13.1. The second-order valence-corrected chi connectivity index (χ2v) is 8.24. The lowest BCUT2D eigenvalue weighted by molar-refractivity contribution is -0.144. The van der Waals surface area contributed by atoms with Crippen LogP contribution in [0.2, 0.25) is 0 Å². The van der Waals surface area contributed by atoms with Gasteiger partial charge in [0.05, 0.1) is 6.42 Å². The minimum atomic E-state index is -0.522. The van der Waals surface area contributed by atoms with Gasteiger partial charge in [0.2, 0.25) is 0 Å². The van der Waals surface area contributed by atoms with Crippen molar-refractivity contribution in [2.24, 2.45) is 0 Å². The maximum absolute atomic E-state index is 12.0. The summed E-state index contributed by atoms with van der Waals surface area (Å²) in [5.41, 5.74) is 3.50. The molecule has 0 saturated carbocycles. The van der Waals surface area contributed by atoms with E-state index in [1.165, 1.54) is 56.9 Å². The second-order valence-electron chi connectivity index (χ2n) is 8.24. The predicted molar refractivity (Wildman–Crippen MR) is 122 cm³/mol. The van der Waals surface area contributed by atoms with Gasteiger partial charge in [0.15, 0.2) is 0 Å². The summed E-state index contributed by atoms with van der Waals surface area (Å²) in [6.07, 6.45) is 15.5. The topological polar surface area (TPSA) is 72.5 Å². The Morgan fingerprint density at radius 2 is 1.71 bits per heavy atom. The van der Waals surface area contributed by atoms with Gasteiger partial charge in [-0.05, 0) is 49.3 Å². The van der Waals surface area contributed by atoms with Gasteiger partial charge in [-0.1, -0.05) is 62.8 Å². The highest BCUT2D eigenvalue weighted by Gasteiger charge is 2.23. The number of hydrogen-bond donors (Lipinski definition) is 1. The molecule has 1 aliphatic rings. The van der Waals surface area contributed by atoms with Crippen molar-refractivity contribution in [1.82, 2.24) is 5.32 Å². The molecule has 0 bridgehead atoms. The summed E-state index contributed by atoms with van der Waals surface area (Å²) < 4.78 is 5.29. The Hall–Kier alpha value is -2.69. The third-order valence-electron chi connectivity index (χ3n) is 5.59. The van der Waals surface area contributed by atoms with Crippen LogP contribution in [-0.2, 0) is 32.1 Å². The fourth-order valence-electron chi connectivity index (χ4n) is 3.70. The van der Waals surface area contributed by atoms with Gasteiger partial charge in [-0.25, -0.2) is 0 Å². The summed E-state index contributed by atoms with van der Waals surface area (Å²) in [4.78, 5) is 34.6. The van der Waals surface area contributed by atoms with Gasteiger partial charge in [-0.15, -0.1) is 6.58 Å². The van der Waals surface area contributed by atoms with Crippen LogP contribution in [0.5, 0.6) is 0 Å². The Morgan fingerprint density at radius 1 is 1.03 bits per heavy atom. The molecule has 0 radical (unpaired) electrons. The standard InChI is InChI=1S/C26H35NO4/c1-3-4-5-6-7-8-9-10-11-12-13-21-14-15-22(20(2)16-21)19-31-25(29)18-23-17-24(28)27-26(23)30/h3,14-17H,1,4-13,18-19H2,2H3,(H,27,28,30). The molecule has 0 aromatic heterocycles. The molecular weight excluding hydrogens is 390 g/mol. The third kappa shape index (κ3) is 9.33. The van der Waals surface area contributed by atoms with Crippen LogP contribution in [-0.4, -0.2) is 17.8 Å². The summed E-state index contributed by atoms with van der Waals surface area (Å²) >= 11 is 0. The molecule has 2 rings (SSSR count). The van der Waals surface area contributed by atoms with Crippen molar-refractivity contribution in [1.29, 1.82) is 0 Å². The van der Waals surface area contributed by atoms with Crippen LogP contribution in [0, 0.1) is 6.92 Å². The fraction of sp³-hybridized carbons (Fsp3) is 0.500. The fourth-order valence-corrected chi connectivity index (χ4v) is 3.70. The van der Waals surface area contributed by atoms with Crippen molar-refractivity contribution in [3.63, 3.8) is 0 Å². The number of aryl methyl sites for hydroxylation is 2. The first-order chi connectivity index (χ1) is 15.0. The van der Waals surface area contributed by atoms with Crippen LogP contribution in [0.4, 0.5) is 0 Å². The second kappa shape index (κ2) is 13.6. The van der Waals surface area contributed by atoms with E-state index in [-0.39, 0.29) is 18.6 Å². The molecule has 1 N–H and O–H groups in total. The smallest absolute Gasteiger partial charge is 0.310 e. The maximum Gasteiger partial charge on any atom is 0.310 e. The number of nitrogens with one attached hydrogen (secondary N) is 1. The van der Waals surface area contributed by atoms with Gasteiger partial charge in [-0.2, -0.15) is 0 Å². The Bertz CT molecular complexity index is 810. The zero-order chi connectivity index (χ0) is 22.5. The van der Waals surface area contributed by atoms with E-state index in [4.69, 9.17) is 4.74 Å². The van der Waals surface area contributed by atoms with Crippen molar-refractivity contribution in [3.8, 4) is 0 Å². The minimum Gasteiger partial charge on any atom is -0.461 e. The predicted octanol–water partition coefficient (Wildman–Crippen LogP) is 5.25. The average Bonchev–Trinajstić information content (AvgIpc) is 3.05. The molecule has 0 spiro atoms. The van der Waals surface area contributed by atoms with Crippen molar-refractivity contribution in [2.75, 3.05) is 0 Å². The number of hydrogen-bond acceptors (Lipinski definition) is 4. The van der Waals surface area contributed by atoms with E-state index < -0.39 is 17.8 Å². The summed E-state index contributed by atoms with van der Waals surface area (Å²) in [5.74, 6) is -1.52. The molecule has 1 aromatic rings. The number of allylic oxidation sites excluding steroid dienone is 1. The van der Waals surface area contributed by atoms with Crippen LogP contribution in [0.3, 0.4) is 0 Å². The molecule has 0 aliphatic carbocycles. The summed E-state index contributed by atoms with van der Waals surface area (Å²) in [5, 5.41) is 2.12. The molecule has 0 unspecified atom stereocenters. The quantitative estimate of drug-likeness (QED) is 0.180. The number of ether oxygens (including phenoxy) is 1. The molecule has 5 nitrogen and oxygen atoms in total. The van der Waals surface area contributed by atoms with Crippen LogP contribution >= 0.6 is 0 Å². The first kappa shape index (κ1) is 24.6. The Balaban J connectivity index is 1.62. The highest BCUT2D eigenvalue weighted by atomic mass is 16.5. The van der Waals surface area contributed by atoms with Gasteiger partial charge >= 0.3 is 5.97 Å². The summed E-state index contributed by atoms with van der Waals surface area (Å²) in [6.45, 7) is 5.94. The number of esters is 1. The van der Waals surface area contributed by atoms with Crippen LogP contribution in [0.1, 0.15) is 80.9 Å². The molecule has 2 amide bonds. The van der Waals surface area contributed by atoms with E-state index in [1.807, 2.05) is 19.1 Å². The summed E-state index contributed by atoms with van der Waals surface area (Å²) in [7, 11) is 0. The lowest BCUT2D eigenvalue weighted by Gasteiger charge is -2.10. The minimum absolute atomic E-state index is 0.148. The van der Waals surface area contributed by atoms with Gasteiger partial charge in [0.1, 0.15) is 6.61 Å². The number of imide groups is 1. The lowest BCUT2D eigenvalue weighted by Crippen LogP contribution is -2.23. The molecular formula is C26H35NO4. The van der Waals surface area contributed by atoms with E-state index in [0.29, 0.717) is 0 Å². The summed E-state index contributed by atoms with van der Waals surface area (Å²) in [6, 6.07) is 6.27. The Labute approximate surface area is 185 Å². The number of carbonyl (C=O) groups excluding carboxylic acids is 3. The van der Waals surface area contributed by atoms with Crippen LogP contribution in [0.15, 0.2) is 42.5 Å². The molecule has 1 heterocycles. The van der Waals surface area contributed by atoms with E-state index in [9.17, 15) is 14.4 Å². The largest absolute Gasteiger partial charge is 0.461 e. The monoisotopic (exact) mass is 425 g/mol. The zero-order valence-electron chi connectivity index (χ0n) is 18.7. The van der Waals surface area contributed by atoms with Gasteiger partial charge in [-0.3, -0.25) is 19.7 Å². The molecule has 1 aliphatic heterocycles. The Kier molecular flexibility index (Phi) is 10.8. The van der Waals surface area contributed by atoms with E-state index in [1.54, 1.807) is 0 Å². The molecule has 0 fully saturated rings. The van der Waals surface area contributed by atoms with E-state index in [2.05, 4.69) is 24.0 Å². The number of benzene rings is 1. The van der Waals surface area contributed by atoms with Crippen molar-refractivity contribution in [2.45, 2.75) is 84.2 Å². The van der Waals surface area contributed by atoms with Crippen LogP contribution in [0.25, 0.3) is 0 Å². The molecule has 0 saturated heterocycles. The first-order valence-electron chi connectivity index (χ1n) is 11.4. The van der Waals surface area contributed by atoms with Gasteiger partial charge < -0.3 is 4.74 Å². The van der Waals surface area contributed by atoms with Crippen LogP contribution < -0.4 is 5.32 Å².